The highest BCUT2D eigenvalue weighted by Crippen LogP contribution is 2.17. The van der Waals surface area contributed by atoms with Crippen molar-refractivity contribution in [1.29, 1.82) is 0 Å². The van der Waals surface area contributed by atoms with Crippen LogP contribution in [0.4, 0.5) is 16.3 Å². The second kappa shape index (κ2) is 7.25. The van der Waals surface area contributed by atoms with Gasteiger partial charge in [0.15, 0.2) is 11.0 Å². The summed E-state index contributed by atoms with van der Waals surface area (Å²) >= 11 is 5.59. The molecule has 10 heteroatoms. The van der Waals surface area contributed by atoms with Gasteiger partial charge in [-0.25, -0.2) is 13.2 Å². The molecule has 2 rings (SSSR count). The van der Waals surface area contributed by atoms with Gasteiger partial charge in [-0.05, 0) is 43.3 Å². The fraction of sp³-hybridized carbons (Fsp3) is 0.154. The van der Waals surface area contributed by atoms with Gasteiger partial charge in [-0.15, -0.1) is 10.2 Å². The predicted molar refractivity (Wildman–Crippen MR) is 84.9 cm³/mol. The first-order valence-electron chi connectivity index (χ1n) is 6.46. The van der Waals surface area contributed by atoms with E-state index in [0.717, 1.165) is 0 Å². The molecule has 23 heavy (non-hydrogen) atoms. The zero-order chi connectivity index (χ0) is 16.9. The number of ether oxygens (including phenoxy) is 1. The number of carbonyl (C=O) groups is 1. The highest BCUT2D eigenvalue weighted by Gasteiger charge is 2.15. The Hall–Kier alpha value is -2.39. The largest absolute Gasteiger partial charge is 0.450 e. The normalized spacial score (nSPS) is 10.9. The monoisotopic (exact) mass is 356 g/mol. The summed E-state index contributed by atoms with van der Waals surface area (Å²) in [6.45, 7) is 1.92. The van der Waals surface area contributed by atoms with Gasteiger partial charge in [0.05, 0.1) is 11.5 Å². The molecule has 0 bridgehead atoms. The second-order valence-electron chi connectivity index (χ2n) is 4.22. The van der Waals surface area contributed by atoms with Gasteiger partial charge in [-0.3, -0.25) is 10.0 Å². The van der Waals surface area contributed by atoms with Crippen LogP contribution in [0.15, 0.2) is 41.3 Å². The summed E-state index contributed by atoms with van der Waals surface area (Å²) in [5.41, 5.74) is 0.411. The minimum atomic E-state index is -3.82. The molecule has 0 aliphatic carbocycles. The van der Waals surface area contributed by atoms with E-state index in [1.54, 1.807) is 6.92 Å². The van der Waals surface area contributed by atoms with Crippen LogP contribution in [-0.2, 0) is 14.8 Å². The SMILES string of the molecule is CCOC(=O)Nc1ccc(S(=O)(=O)Nc2ccc(Cl)nn2)cc1. The molecular weight excluding hydrogens is 344 g/mol. The second-order valence-corrected chi connectivity index (χ2v) is 6.29. The van der Waals surface area contributed by atoms with E-state index in [0.29, 0.717) is 5.69 Å². The summed E-state index contributed by atoms with van der Waals surface area (Å²) in [5.74, 6) is 0.0446. The fourth-order valence-corrected chi connectivity index (χ4v) is 2.67. The molecule has 2 aromatic rings. The third-order valence-electron chi connectivity index (χ3n) is 2.56. The molecule has 0 radical (unpaired) electrons. The summed E-state index contributed by atoms with van der Waals surface area (Å²) < 4.78 is 31.4. The van der Waals surface area contributed by atoms with E-state index in [9.17, 15) is 13.2 Å². The van der Waals surface area contributed by atoms with Crippen molar-refractivity contribution in [3.63, 3.8) is 0 Å². The maximum absolute atomic E-state index is 12.2. The lowest BCUT2D eigenvalue weighted by atomic mass is 10.3. The standard InChI is InChI=1S/C13H13ClN4O4S/c1-2-22-13(19)15-9-3-5-10(6-4-9)23(20,21)18-12-8-7-11(14)16-17-12/h3-8H,2H2,1H3,(H,15,19)(H,17,18). The van der Waals surface area contributed by atoms with Crippen LogP contribution >= 0.6 is 11.6 Å². The van der Waals surface area contributed by atoms with Crippen molar-refractivity contribution in [3.8, 4) is 0 Å². The molecule has 0 aliphatic rings. The molecule has 1 heterocycles. The first-order valence-corrected chi connectivity index (χ1v) is 8.32. The van der Waals surface area contributed by atoms with Gasteiger partial charge in [-0.1, -0.05) is 11.6 Å². The fourth-order valence-electron chi connectivity index (χ4n) is 1.57. The van der Waals surface area contributed by atoms with E-state index in [1.165, 1.54) is 36.4 Å². The topological polar surface area (TPSA) is 110 Å². The van der Waals surface area contributed by atoms with Crippen LogP contribution in [-0.4, -0.2) is 31.3 Å². The van der Waals surface area contributed by atoms with Crippen molar-refractivity contribution in [1.82, 2.24) is 10.2 Å². The minimum absolute atomic E-state index is 0.00339. The van der Waals surface area contributed by atoms with Crippen LogP contribution in [0.25, 0.3) is 0 Å². The molecule has 0 atom stereocenters. The third-order valence-corrected chi connectivity index (χ3v) is 4.13. The summed E-state index contributed by atoms with van der Waals surface area (Å²) in [6, 6.07) is 8.38. The van der Waals surface area contributed by atoms with Crippen LogP contribution in [0.1, 0.15) is 6.92 Å². The van der Waals surface area contributed by atoms with Crippen LogP contribution in [0, 0.1) is 0 Å². The van der Waals surface area contributed by atoms with E-state index in [1.807, 2.05) is 0 Å². The Balaban J connectivity index is 2.11. The molecule has 0 unspecified atom stereocenters. The summed E-state index contributed by atoms with van der Waals surface area (Å²) in [5, 5.41) is 9.79. The number of anilines is 2. The first-order chi connectivity index (χ1) is 10.9. The Kier molecular flexibility index (Phi) is 5.35. The van der Waals surface area contributed by atoms with Crippen LogP contribution in [0.3, 0.4) is 0 Å². The Morgan fingerprint density at radius 3 is 2.43 bits per heavy atom. The number of hydrogen-bond acceptors (Lipinski definition) is 6. The molecule has 8 nitrogen and oxygen atoms in total. The van der Waals surface area contributed by atoms with Crippen molar-refractivity contribution in [3.05, 3.63) is 41.6 Å². The smallest absolute Gasteiger partial charge is 0.411 e. The molecule has 1 amide bonds. The first kappa shape index (κ1) is 17.0. The lowest BCUT2D eigenvalue weighted by molar-refractivity contribution is 0.168. The molecule has 0 spiro atoms. The molecule has 1 aromatic carbocycles. The zero-order valence-corrected chi connectivity index (χ0v) is 13.6. The zero-order valence-electron chi connectivity index (χ0n) is 12.0. The molecule has 0 fully saturated rings. The molecule has 1 aromatic heterocycles. The number of rotatable bonds is 5. The number of benzene rings is 1. The highest BCUT2D eigenvalue weighted by atomic mass is 35.5. The maximum atomic E-state index is 12.2. The van der Waals surface area contributed by atoms with Gasteiger partial charge in [0, 0.05) is 5.69 Å². The van der Waals surface area contributed by atoms with Gasteiger partial charge >= 0.3 is 6.09 Å². The minimum Gasteiger partial charge on any atom is -0.450 e. The number of sulfonamides is 1. The molecule has 0 saturated carbocycles. The Bertz CT molecular complexity index is 779. The van der Waals surface area contributed by atoms with Gasteiger partial charge in [0.1, 0.15) is 0 Å². The number of amides is 1. The number of halogens is 1. The Morgan fingerprint density at radius 1 is 1.17 bits per heavy atom. The average Bonchev–Trinajstić information content (AvgIpc) is 2.50. The van der Waals surface area contributed by atoms with Gasteiger partial charge < -0.3 is 4.74 Å². The Labute approximate surface area is 137 Å². The van der Waals surface area contributed by atoms with Crippen molar-refractivity contribution < 1.29 is 17.9 Å². The van der Waals surface area contributed by atoms with Crippen LogP contribution in [0.5, 0.6) is 0 Å². The number of carbonyl (C=O) groups excluding carboxylic acids is 1. The predicted octanol–water partition coefficient (Wildman–Crippen LogP) is 2.50. The van der Waals surface area contributed by atoms with E-state index in [-0.39, 0.29) is 22.5 Å². The molecule has 0 saturated heterocycles. The van der Waals surface area contributed by atoms with Gasteiger partial charge in [0.25, 0.3) is 10.0 Å². The molecule has 2 N–H and O–H groups in total. The summed E-state index contributed by atoms with van der Waals surface area (Å²) in [7, 11) is -3.82. The van der Waals surface area contributed by atoms with Gasteiger partial charge in [0.2, 0.25) is 0 Å². The molecular formula is C13H13ClN4O4S. The van der Waals surface area contributed by atoms with Crippen LogP contribution in [0.2, 0.25) is 5.15 Å². The van der Waals surface area contributed by atoms with Crippen molar-refractivity contribution >= 4 is 39.2 Å². The molecule has 122 valence electrons. The summed E-state index contributed by atoms with van der Waals surface area (Å²) in [6.07, 6.45) is -0.613. The Morgan fingerprint density at radius 2 is 1.87 bits per heavy atom. The van der Waals surface area contributed by atoms with E-state index < -0.39 is 16.1 Å². The third kappa shape index (κ3) is 4.80. The number of hydrogen-bond donors (Lipinski definition) is 2. The average molecular weight is 357 g/mol. The van der Waals surface area contributed by atoms with Crippen molar-refractivity contribution in [2.45, 2.75) is 11.8 Å². The number of aromatic nitrogens is 2. The lowest BCUT2D eigenvalue weighted by Gasteiger charge is -2.08. The quantitative estimate of drug-likeness (QED) is 0.851. The highest BCUT2D eigenvalue weighted by molar-refractivity contribution is 7.92. The van der Waals surface area contributed by atoms with Crippen molar-refractivity contribution in [2.24, 2.45) is 0 Å². The number of nitrogens with one attached hydrogen (secondary N) is 2. The summed E-state index contributed by atoms with van der Waals surface area (Å²) in [4.78, 5) is 11.3. The van der Waals surface area contributed by atoms with E-state index in [4.69, 9.17) is 16.3 Å². The molecule has 0 aliphatic heterocycles. The maximum Gasteiger partial charge on any atom is 0.411 e. The number of nitrogens with zero attached hydrogens (tertiary/aromatic N) is 2. The van der Waals surface area contributed by atoms with E-state index in [2.05, 4.69) is 20.2 Å². The van der Waals surface area contributed by atoms with Gasteiger partial charge in [-0.2, -0.15) is 0 Å². The lowest BCUT2D eigenvalue weighted by Crippen LogP contribution is -2.15. The van der Waals surface area contributed by atoms with Crippen LogP contribution < -0.4 is 10.0 Å². The van der Waals surface area contributed by atoms with Crippen molar-refractivity contribution in [2.75, 3.05) is 16.6 Å². The van der Waals surface area contributed by atoms with E-state index >= 15 is 0 Å².